The summed E-state index contributed by atoms with van der Waals surface area (Å²) in [6.07, 6.45) is -4.85. The lowest BCUT2D eigenvalue weighted by atomic mass is 10.1. The van der Waals surface area contributed by atoms with E-state index in [2.05, 4.69) is 25.4 Å². The highest BCUT2D eigenvalue weighted by atomic mass is 127. The standard InChI is InChI=1S/C15H12BrF3INO6/c1-24-13(22)8-5-26-6-21(11(8)14(23)25-2)12-9(16)3-7(4-10(12)20)27-15(17,18)19/h3-4H,5-6H2,1-2H3. The first-order chi connectivity index (χ1) is 12.6. The number of nitrogens with zero attached hydrogens (tertiary/aromatic N) is 1. The van der Waals surface area contributed by atoms with Crippen LogP contribution in [-0.4, -0.2) is 45.9 Å². The van der Waals surface area contributed by atoms with Crippen molar-refractivity contribution in [1.82, 2.24) is 0 Å². The van der Waals surface area contributed by atoms with Crippen molar-refractivity contribution >= 4 is 56.1 Å². The smallest absolute Gasteiger partial charge is 0.466 e. The molecule has 148 valence electrons. The number of ether oxygens (including phenoxy) is 4. The Morgan fingerprint density at radius 2 is 1.85 bits per heavy atom. The lowest BCUT2D eigenvalue weighted by Gasteiger charge is -2.32. The van der Waals surface area contributed by atoms with E-state index in [-0.39, 0.29) is 29.1 Å². The van der Waals surface area contributed by atoms with Crippen molar-refractivity contribution in [3.8, 4) is 5.75 Å². The molecule has 1 aliphatic heterocycles. The van der Waals surface area contributed by atoms with Crippen molar-refractivity contribution in [3.05, 3.63) is 31.4 Å². The molecular formula is C15H12BrF3INO6. The number of anilines is 1. The summed E-state index contributed by atoms with van der Waals surface area (Å²) in [5.41, 5.74) is 0.0965. The molecule has 1 aromatic carbocycles. The summed E-state index contributed by atoms with van der Waals surface area (Å²) >= 11 is 4.95. The van der Waals surface area contributed by atoms with Crippen molar-refractivity contribution in [2.45, 2.75) is 6.36 Å². The second-order valence-corrected chi connectivity index (χ2v) is 7.02. The van der Waals surface area contributed by atoms with Crippen LogP contribution in [0.3, 0.4) is 0 Å². The Hall–Kier alpha value is -1.54. The van der Waals surface area contributed by atoms with Gasteiger partial charge in [0.25, 0.3) is 0 Å². The van der Waals surface area contributed by atoms with Gasteiger partial charge in [-0.25, -0.2) is 9.59 Å². The Balaban J connectivity index is 2.58. The first-order valence-electron chi connectivity index (χ1n) is 7.09. The third-order valence-corrected chi connectivity index (χ3v) is 4.75. The molecule has 7 nitrogen and oxygen atoms in total. The Morgan fingerprint density at radius 3 is 2.37 bits per heavy atom. The average molecular weight is 566 g/mol. The van der Waals surface area contributed by atoms with Crippen LogP contribution in [0.25, 0.3) is 0 Å². The van der Waals surface area contributed by atoms with Gasteiger partial charge >= 0.3 is 18.3 Å². The van der Waals surface area contributed by atoms with E-state index in [0.29, 0.717) is 9.26 Å². The number of carbonyl (C=O) groups excluding carboxylic acids is 2. The topological polar surface area (TPSA) is 74.3 Å². The molecule has 1 aromatic rings. The fourth-order valence-corrected chi connectivity index (χ4v) is 4.23. The third kappa shape index (κ3) is 5.04. The van der Waals surface area contributed by atoms with Crippen LogP contribution in [0.5, 0.6) is 5.75 Å². The van der Waals surface area contributed by atoms with Crippen LogP contribution in [-0.2, 0) is 23.8 Å². The van der Waals surface area contributed by atoms with Gasteiger partial charge in [0, 0.05) is 8.04 Å². The number of halogens is 5. The maximum absolute atomic E-state index is 12.5. The fraction of sp³-hybridized carbons (Fsp3) is 0.333. The maximum Gasteiger partial charge on any atom is 0.573 e. The zero-order chi connectivity index (χ0) is 20.4. The van der Waals surface area contributed by atoms with Crippen molar-refractivity contribution in [2.24, 2.45) is 0 Å². The summed E-state index contributed by atoms with van der Waals surface area (Å²) in [6.45, 7) is -0.323. The minimum absolute atomic E-state index is 0.0751. The monoisotopic (exact) mass is 565 g/mol. The summed E-state index contributed by atoms with van der Waals surface area (Å²) in [6, 6.07) is 2.22. The van der Waals surface area contributed by atoms with Gasteiger partial charge in [-0.05, 0) is 50.7 Å². The van der Waals surface area contributed by atoms with E-state index < -0.39 is 24.1 Å². The second kappa shape index (κ2) is 8.65. The van der Waals surface area contributed by atoms with Crippen molar-refractivity contribution in [1.29, 1.82) is 0 Å². The summed E-state index contributed by atoms with van der Waals surface area (Å²) in [4.78, 5) is 25.6. The zero-order valence-corrected chi connectivity index (χ0v) is 17.6. The Bertz CT molecular complexity index is 775. The number of carbonyl (C=O) groups is 2. The van der Waals surface area contributed by atoms with Gasteiger partial charge in [-0.3, -0.25) is 0 Å². The largest absolute Gasteiger partial charge is 0.573 e. The molecule has 2 rings (SSSR count). The number of hydrogen-bond donors (Lipinski definition) is 0. The van der Waals surface area contributed by atoms with E-state index >= 15 is 0 Å². The lowest BCUT2D eigenvalue weighted by molar-refractivity contribution is -0.274. The first kappa shape index (κ1) is 21.8. The van der Waals surface area contributed by atoms with E-state index in [9.17, 15) is 22.8 Å². The normalized spacial score (nSPS) is 14.9. The molecule has 27 heavy (non-hydrogen) atoms. The van der Waals surface area contributed by atoms with E-state index in [1.807, 2.05) is 0 Å². The molecule has 0 fully saturated rings. The quantitative estimate of drug-likeness (QED) is 0.409. The highest BCUT2D eigenvalue weighted by Gasteiger charge is 2.35. The summed E-state index contributed by atoms with van der Waals surface area (Å²) in [5, 5.41) is 0. The predicted octanol–water partition coefficient (Wildman–Crippen LogP) is 3.35. The summed E-state index contributed by atoms with van der Waals surface area (Å²) in [5.74, 6) is -2.06. The van der Waals surface area contributed by atoms with Gasteiger partial charge in [0.1, 0.15) is 18.2 Å². The first-order valence-corrected chi connectivity index (χ1v) is 8.96. The molecule has 0 unspecified atom stereocenters. The molecule has 0 spiro atoms. The molecule has 0 bridgehead atoms. The van der Waals surface area contributed by atoms with Gasteiger partial charge in [-0.15, -0.1) is 13.2 Å². The highest BCUT2D eigenvalue weighted by molar-refractivity contribution is 14.1. The van der Waals surface area contributed by atoms with Crippen LogP contribution in [0.2, 0.25) is 0 Å². The van der Waals surface area contributed by atoms with Crippen LogP contribution in [0.4, 0.5) is 18.9 Å². The molecule has 1 heterocycles. The molecule has 0 amide bonds. The van der Waals surface area contributed by atoms with Gasteiger partial charge in [0.15, 0.2) is 0 Å². The highest BCUT2D eigenvalue weighted by Crippen LogP contribution is 2.40. The maximum atomic E-state index is 12.5. The predicted molar refractivity (Wildman–Crippen MR) is 97.9 cm³/mol. The van der Waals surface area contributed by atoms with Crippen molar-refractivity contribution < 1.29 is 41.7 Å². The van der Waals surface area contributed by atoms with E-state index in [4.69, 9.17) is 9.47 Å². The second-order valence-electron chi connectivity index (χ2n) is 5.00. The van der Waals surface area contributed by atoms with Gasteiger partial charge < -0.3 is 23.8 Å². The van der Waals surface area contributed by atoms with Crippen molar-refractivity contribution in [2.75, 3.05) is 32.5 Å². The molecule has 0 atom stereocenters. The summed E-state index contributed by atoms with van der Waals surface area (Å²) in [7, 11) is 2.28. The van der Waals surface area contributed by atoms with Crippen LogP contribution in [0.1, 0.15) is 0 Å². The molecular weight excluding hydrogens is 554 g/mol. The van der Waals surface area contributed by atoms with E-state index in [0.717, 1.165) is 26.4 Å². The minimum atomic E-state index is -4.85. The molecule has 12 heteroatoms. The van der Waals surface area contributed by atoms with Gasteiger partial charge in [0.2, 0.25) is 0 Å². The van der Waals surface area contributed by atoms with Gasteiger partial charge in [0.05, 0.1) is 32.1 Å². The van der Waals surface area contributed by atoms with Crippen LogP contribution in [0, 0.1) is 3.57 Å². The molecule has 0 saturated heterocycles. The number of alkyl halides is 3. The average Bonchev–Trinajstić information content (AvgIpc) is 2.58. The molecule has 0 radical (unpaired) electrons. The molecule has 0 aliphatic carbocycles. The number of benzene rings is 1. The Kier molecular flexibility index (Phi) is 6.97. The van der Waals surface area contributed by atoms with Crippen LogP contribution >= 0.6 is 38.5 Å². The number of rotatable bonds is 4. The lowest BCUT2D eigenvalue weighted by Crippen LogP contribution is -2.39. The number of methoxy groups -OCH3 is 2. The zero-order valence-electron chi connectivity index (χ0n) is 13.9. The Labute approximate surface area is 173 Å². The van der Waals surface area contributed by atoms with Crippen LogP contribution in [0.15, 0.2) is 27.9 Å². The van der Waals surface area contributed by atoms with Crippen molar-refractivity contribution in [3.63, 3.8) is 0 Å². The SMILES string of the molecule is COC(=O)C1=C(C(=O)OC)N(c2c(Br)cc(OC(F)(F)F)cc2I)COC1. The van der Waals surface area contributed by atoms with E-state index in [1.54, 1.807) is 22.6 Å². The molecule has 0 aromatic heterocycles. The van der Waals surface area contributed by atoms with Crippen LogP contribution < -0.4 is 9.64 Å². The molecule has 0 saturated carbocycles. The third-order valence-electron chi connectivity index (χ3n) is 3.33. The molecule has 0 N–H and O–H groups in total. The minimum Gasteiger partial charge on any atom is -0.466 e. The molecule has 1 aliphatic rings. The van der Waals surface area contributed by atoms with E-state index in [1.165, 1.54) is 4.90 Å². The van der Waals surface area contributed by atoms with Gasteiger partial charge in [-0.2, -0.15) is 0 Å². The fourth-order valence-electron chi connectivity index (χ4n) is 2.31. The Morgan fingerprint density at radius 1 is 1.22 bits per heavy atom. The number of hydrogen-bond acceptors (Lipinski definition) is 7. The number of esters is 2. The summed E-state index contributed by atoms with van der Waals surface area (Å²) < 4.78 is 56.5. The van der Waals surface area contributed by atoms with Gasteiger partial charge in [-0.1, -0.05) is 0 Å².